The minimum atomic E-state index is -0.747. The normalized spacial score (nSPS) is 18.1. The van der Waals surface area contributed by atoms with E-state index in [2.05, 4.69) is 15.4 Å². The van der Waals surface area contributed by atoms with Crippen LogP contribution < -0.4 is 5.32 Å². The molecule has 2 N–H and O–H groups in total. The highest BCUT2D eigenvalue weighted by atomic mass is 32.1. The first-order valence-electron chi connectivity index (χ1n) is 10.7. The van der Waals surface area contributed by atoms with Crippen molar-refractivity contribution in [3.8, 4) is 10.4 Å². The minimum Gasteiger partial charge on any atom is -0.391 e. The third-order valence-corrected chi connectivity index (χ3v) is 6.84. The summed E-state index contributed by atoms with van der Waals surface area (Å²) in [4.78, 5) is 32.8. The van der Waals surface area contributed by atoms with Crippen LogP contribution in [-0.2, 0) is 11.3 Å². The number of nitrogens with one attached hydrogen (secondary N) is 1. The van der Waals surface area contributed by atoms with E-state index < -0.39 is 12.1 Å². The lowest BCUT2D eigenvalue weighted by Crippen LogP contribution is -2.45. The number of nitrogens with zero attached hydrogens (tertiary/aromatic N) is 4. The number of likely N-dealkylation sites (tertiary alicyclic amines) is 1. The maximum Gasteiger partial charge on any atom is 0.275 e. The number of aliphatic hydroxyl groups excluding tert-OH is 1. The fourth-order valence-electron chi connectivity index (χ4n) is 4.14. The molecule has 0 radical (unpaired) electrons. The number of aliphatic hydroxyl groups is 1. The van der Waals surface area contributed by atoms with Gasteiger partial charge in [-0.05, 0) is 36.2 Å². The molecular weight excluding hydrogens is 438 g/mol. The SMILES string of the molecule is Cc1ncsc1-c1ccc(CNC(=O)[C@@H]2C[C@@H](O)CN2C(=O)c2cc3ccccn3n2)cc1. The van der Waals surface area contributed by atoms with E-state index >= 15 is 0 Å². The maximum absolute atomic E-state index is 13.1. The molecule has 8 nitrogen and oxygen atoms in total. The van der Waals surface area contributed by atoms with Gasteiger partial charge >= 0.3 is 0 Å². The zero-order chi connectivity index (χ0) is 22.9. The van der Waals surface area contributed by atoms with Crippen LogP contribution in [0, 0.1) is 6.92 Å². The molecule has 1 aliphatic heterocycles. The summed E-state index contributed by atoms with van der Waals surface area (Å²) in [5.41, 5.74) is 5.91. The molecule has 0 bridgehead atoms. The Morgan fingerprint density at radius 1 is 1.21 bits per heavy atom. The number of fused-ring (bicyclic) bond motifs is 1. The molecule has 0 aliphatic carbocycles. The number of amides is 2. The van der Waals surface area contributed by atoms with Crippen molar-refractivity contribution in [2.24, 2.45) is 0 Å². The van der Waals surface area contributed by atoms with Crippen molar-refractivity contribution in [2.45, 2.75) is 32.0 Å². The number of β-amino-alcohol motifs (C(OH)–C–C–N with tert-alkyl or cyclic N) is 1. The third kappa shape index (κ3) is 4.24. The van der Waals surface area contributed by atoms with Crippen molar-refractivity contribution in [3.05, 3.63) is 77.2 Å². The lowest BCUT2D eigenvalue weighted by Gasteiger charge is -2.22. The molecule has 168 valence electrons. The highest BCUT2D eigenvalue weighted by Gasteiger charge is 2.39. The van der Waals surface area contributed by atoms with E-state index in [4.69, 9.17) is 0 Å². The summed E-state index contributed by atoms with van der Waals surface area (Å²) in [5.74, 6) is -0.647. The van der Waals surface area contributed by atoms with Gasteiger partial charge in [0.05, 0.1) is 27.7 Å². The summed E-state index contributed by atoms with van der Waals surface area (Å²) in [5, 5.41) is 17.4. The second-order valence-corrected chi connectivity index (χ2v) is 9.00. The predicted octanol–water partition coefficient (Wildman–Crippen LogP) is 2.66. The van der Waals surface area contributed by atoms with E-state index in [-0.39, 0.29) is 30.5 Å². The number of carbonyl (C=O) groups is 2. The molecule has 1 fully saturated rings. The Morgan fingerprint density at radius 3 is 2.76 bits per heavy atom. The van der Waals surface area contributed by atoms with Crippen LogP contribution in [0.2, 0.25) is 0 Å². The summed E-state index contributed by atoms with van der Waals surface area (Å²) in [7, 11) is 0. The summed E-state index contributed by atoms with van der Waals surface area (Å²) in [6, 6.07) is 14.5. The number of aryl methyl sites for hydroxylation is 1. The van der Waals surface area contributed by atoms with Crippen molar-refractivity contribution in [2.75, 3.05) is 6.54 Å². The van der Waals surface area contributed by atoms with Gasteiger partial charge in [0.2, 0.25) is 5.91 Å². The zero-order valence-electron chi connectivity index (χ0n) is 18.0. The Balaban J connectivity index is 1.26. The van der Waals surface area contributed by atoms with Gasteiger partial charge in [0.15, 0.2) is 5.69 Å². The maximum atomic E-state index is 13.1. The monoisotopic (exact) mass is 461 g/mol. The van der Waals surface area contributed by atoms with Crippen LogP contribution in [-0.4, -0.2) is 55.1 Å². The lowest BCUT2D eigenvalue weighted by molar-refractivity contribution is -0.125. The molecule has 4 aromatic rings. The number of aromatic nitrogens is 3. The van der Waals surface area contributed by atoms with E-state index in [1.165, 1.54) is 4.90 Å². The van der Waals surface area contributed by atoms with E-state index in [1.807, 2.05) is 54.9 Å². The van der Waals surface area contributed by atoms with Crippen LogP contribution in [0.1, 0.15) is 28.2 Å². The Bertz CT molecular complexity index is 1280. The zero-order valence-corrected chi connectivity index (χ0v) is 18.8. The molecule has 0 unspecified atom stereocenters. The summed E-state index contributed by atoms with van der Waals surface area (Å²) in [6.45, 7) is 2.42. The van der Waals surface area contributed by atoms with E-state index in [9.17, 15) is 14.7 Å². The molecule has 4 heterocycles. The standard InChI is InChI=1S/C24H23N5O3S/c1-15-22(33-14-26-15)17-7-5-16(6-8-17)12-25-23(31)21-11-19(30)13-28(21)24(32)20-10-18-4-2-3-9-29(18)27-20/h2-10,14,19,21,30H,11-13H2,1H3,(H,25,31)/t19-,21+/m1/s1. The van der Waals surface area contributed by atoms with Crippen molar-refractivity contribution in [1.29, 1.82) is 0 Å². The van der Waals surface area contributed by atoms with Crippen LogP contribution in [0.3, 0.4) is 0 Å². The Kier molecular flexibility index (Phi) is 5.65. The molecule has 1 saturated heterocycles. The fourth-order valence-corrected chi connectivity index (χ4v) is 4.95. The lowest BCUT2D eigenvalue weighted by atomic mass is 10.1. The number of hydrogen-bond donors (Lipinski definition) is 2. The van der Waals surface area contributed by atoms with Crippen LogP contribution >= 0.6 is 11.3 Å². The van der Waals surface area contributed by atoms with Gasteiger partial charge in [-0.3, -0.25) is 9.59 Å². The number of benzene rings is 1. The van der Waals surface area contributed by atoms with Crippen LogP contribution in [0.25, 0.3) is 16.0 Å². The molecule has 3 aromatic heterocycles. The molecule has 0 saturated carbocycles. The molecule has 1 aliphatic rings. The smallest absolute Gasteiger partial charge is 0.275 e. The van der Waals surface area contributed by atoms with Crippen molar-refractivity contribution in [3.63, 3.8) is 0 Å². The van der Waals surface area contributed by atoms with Gasteiger partial charge in [-0.25, -0.2) is 9.50 Å². The molecule has 2 atom stereocenters. The van der Waals surface area contributed by atoms with E-state index in [0.717, 1.165) is 27.2 Å². The molecule has 9 heteroatoms. The van der Waals surface area contributed by atoms with Gasteiger partial charge in [-0.1, -0.05) is 30.3 Å². The molecular formula is C24H23N5O3S. The van der Waals surface area contributed by atoms with Gasteiger partial charge in [0.1, 0.15) is 6.04 Å². The minimum absolute atomic E-state index is 0.105. The average molecular weight is 462 g/mol. The molecule has 2 amide bonds. The first-order valence-corrected chi connectivity index (χ1v) is 11.6. The molecule has 5 rings (SSSR count). The Hall–Kier alpha value is -3.56. The first kappa shape index (κ1) is 21.3. The summed E-state index contributed by atoms with van der Waals surface area (Å²) in [6.07, 6.45) is 1.22. The van der Waals surface area contributed by atoms with Gasteiger partial charge in [0, 0.05) is 25.7 Å². The first-order chi connectivity index (χ1) is 16.0. The van der Waals surface area contributed by atoms with Gasteiger partial charge in [-0.2, -0.15) is 5.10 Å². The highest BCUT2D eigenvalue weighted by Crippen LogP contribution is 2.27. The Labute approximate surface area is 194 Å². The number of rotatable bonds is 5. The molecule has 33 heavy (non-hydrogen) atoms. The number of carbonyl (C=O) groups excluding carboxylic acids is 2. The van der Waals surface area contributed by atoms with E-state index in [0.29, 0.717) is 6.54 Å². The Morgan fingerprint density at radius 2 is 2.03 bits per heavy atom. The summed E-state index contributed by atoms with van der Waals surface area (Å²) >= 11 is 1.60. The second kappa shape index (κ2) is 8.76. The fraction of sp³-hybridized carbons (Fsp3) is 0.250. The second-order valence-electron chi connectivity index (χ2n) is 8.14. The largest absolute Gasteiger partial charge is 0.391 e. The van der Waals surface area contributed by atoms with Crippen LogP contribution in [0.15, 0.2) is 60.2 Å². The van der Waals surface area contributed by atoms with Crippen molar-refractivity contribution < 1.29 is 14.7 Å². The van der Waals surface area contributed by atoms with E-state index in [1.54, 1.807) is 28.1 Å². The van der Waals surface area contributed by atoms with Gasteiger partial charge < -0.3 is 15.3 Å². The molecule has 1 aromatic carbocycles. The van der Waals surface area contributed by atoms with Gasteiger partial charge in [0.25, 0.3) is 5.91 Å². The number of hydrogen-bond acceptors (Lipinski definition) is 6. The highest BCUT2D eigenvalue weighted by molar-refractivity contribution is 7.13. The molecule has 0 spiro atoms. The quantitative estimate of drug-likeness (QED) is 0.476. The number of thiazole rings is 1. The predicted molar refractivity (Wildman–Crippen MR) is 125 cm³/mol. The van der Waals surface area contributed by atoms with Crippen molar-refractivity contribution >= 4 is 28.7 Å². The topological polar surface area (TPSA) is 99.8 Å². The summed E-state index contributed by atoms with van der Waals surface area (Å²) < 4.78 is 1.62. The number of pyridine rings is 1. The van der Waals surface area contributed by atoms with Crippen LogP contribution in [0.4, 0.5) is 0 Å². The third-order valence-electron chi connectivity index (χ3n) is 5.86. The van der Waals surface area contributed by atoms with Crippen molar-refractivity contribution in [1.82, 2.24) is 24.8 Å². The van der Waals surface area contributed by atoms with Gasteiger partial charge in [-0.15, -0.1) is 11.3 Å². The van der Waals surface area contributed by atoms with Crippen LogP contribution in [0.5, 0.6) is 0 Å². The average Bonchev–Trinajstić information content (AvgIpc) is 3.55.